The molecule has 0 aliphatic carbocycles. The molecule has 0 bridgehead atoms. The van der Waals surface area contributed by atoms with Gasteiger partial charge in [0, 0.05) is 12.6 Å². The lowest BCUT2D eigenvalue weighted by Gasteiger charge is -2.03. The molecule has 0 saturated carbocycles. The molecule has 0 atom stereocenters. The summed E-state index contributed by atoms with van der Waals surface area (Å²) in [5.74, 6) is -0.447. The van der Waals surface area contributed by atoms with Crippen molar-refractivity contribution in [2.45, 2.75) is 19.6 Å². The SMILES string of the molecule is CCn1nc(C(F)(F)F)cc1OS(C)(=O)=O. The van der Waals surface area contributed by atoms with Gasteiger partial charge in [0.05, 0.1) is 6.26 Å². The van der Waals surface area contributed by atoms with Crippen LogP contribution in [0, 0.1) is 0 Å². The molecule has 92 valence electrons. The number of hydrogen-bond donors (Lipinski definition) is 0. The number of hydrogen-bond acceptors (Lipinski definition) is 4. The molecule has 0 fully saturated rings. The van der Waals surface area contributed by atoms with Gasteiger partial charge in [-0.3, -0.25) is 0 Å². The minimum Gasteiger partial charge on any atom is -0.362 e. The maximum atomic E-state index is 12.3. The van der Waals surface area contributed by atoms with E-state index in [0.29, 0.717) is 6.07 Å². The molecule has 0 amide bonds. The third kappa shape index (κ3) is 3.12. The Balaban J connectivity index is 3.15. The fraction of sp³-hybridized carbons (Fsp3) is 0.571. The summed E-state index contributed by atoms with van der Waals surface area (Å²) in [6.07, 6.45) is -3.89. The standard InChI is InChI=1S/C7H9F3N2O3S/c1-3-12-6(15-16(2,13)14)4-5(11-12)7(8,9)10/h4H,3H2,1-2H3. The molecule has 1 rings (SSSR count). The van der Waals surface area contributed by atoms with Crippen LogP contribution in [0.25, 0.3) is 0 Å². The van der Waals surface area contributed by atoms with Crippen molar-refractivity contribution in [3.8, 4) is 5.88 Å². The highest BCUT2D eigenvalue weighted by Crippen LogP contribution is 2.30. The molecule has 0 aliphatic rings. The van der Waals surface area contributed by atoms with Gasteiger partial charge in [-0.1, -0.05) is 0 Å². The number of halogens is 3. The van der Waals surface area contributed by atoms with Crippen molar-refractivity contribution in [2.75, 3.05) is 6.26 Å². The lowest BCUT2D eigenvalue weighted by atomic mass is 10.4. The molecule has 9 heteroatoms. The summed E-state index contributed by atoms with van der Waals surface area (Å²) in [6.45, 7) is 1.59. The molecule has 0 radical (unpaired) electrons. The van der Waals surface area contributed by atoms with Crippen LogP contribution in [-0.2, 0) is 22.8 Å². The maximum absolute atomic E-state index is 12.3. The molecule has 16 heavy (non-hydrogen) atoms. The molecular weight excluding hydrogens is 249 g/mol. The average Bonchev–Trinajstić information content (AvgIpc) is 2.43. The van der Waals surface area contributed by atoms with Crippen LogP contribution in [0.2, 0.25) is 0 Å². The van der Waals surface area contributed by atoms with Crippen LogP contribution in [0.3, 0.4) is 0 Å². The Labute approximate surface area is 89.9 Å². The Bertz CT molecular complexity index is 478. The van der Waals surface area contributed by atoms with Crippen molar-refractivity contribution in [1.82, 2.24) is 9.78 Å². The molecule has 1 heterocycles. The van der Waals surface area contributed by atoms with E-state index in [4.69, 9.17) is 0 Å². The van der Waals surface area contributed by atoms with Gasteiger partial charge in [0.25, 0.3) is 0 Å². The summed E-state index contributed by atoms with van der Waals surface area (Å²) >= 11 is 0. The van der Waals surface area contributed by atoms with E-state index in [2.05, 4.69) is 9.28 Å². The monoisotopic (exact) mass is 258 g/mol. The second kappa shape index (κ2) is 3.96. The predicted molar refractivity (Wildman–Crippen MR) is 48.4 cm³/mol. The first-order chi connectivity index (χ1) is 7.13. The van der Waals surface area contributed by atoms with Gasteiger partial charge >= 0.3 is 16.3 Å². The Hall–Kier alpha value is -1.25. The molecule has 5 nitrogen and oxygen atoms in total. The third-order valence-electron chi connectivity index (χ3n) is 1.57. The summed E-state index contributed by atoms with van der Waals surface area (Å²) in [6, 6.07) is 0.546. The quantitative estimate of drug-likeness (QED) is 0.766. The van der Waals surface area contributed by atoms with E-state index >= 15 is 0 Å². The lowest BCUT2D eigenvalue weighted by Crippen LogP contribution is -2.10. The molecular formula is C7H9F3N2O3S. The van der Waals surface area contributed by atoms with E-state index in [1.54, 1.807) is 0 Å². The first-order valence-corrected chi connectivity index (χ1v) is 5.99. The third-order valence-corrected chi connectivity index (χ3v) is 2.04. The summed E-state index contributed by atoms with van der Waals surface area (Å²) in [4.78, 5) is 0. The molecule has 0 N–H and O–H groups in total. The fourth-order valence-corrected chi connectivity index (χ4v) is 1.43. The molecule has 1 aromatic heterocycles. The Morgan fingerprint density at radius 3 is 2.44 bits per heavy atom. The summed E-state index contributed by atoms with van der Waals surface area (Å²) in [7, 11) is -3.87. The van der Waals surface area contributed by atoms with Gasteiger partial charge in [-0.2, -0.15) is 26.7 Å². The normalized spacial score (nSPS) is 12.8. The van der Waals surface area contributed by atoms with Crippen molar-refractivity contribution in [1.29, 1.82) is 0 Å². The minimum atomic E-state index is -4.63. The van der Waals surface area contributed by atoms with Crippen LogP contribution < -0.4 is 4.18 Å². The zero-order valence-corrected chi connectivity index (χ0v) is 9.26. The summed E-state index contributed by atoms with van der Waals surface area (Å²) < 4.78 is 63.6. The van der Waals surface area contributed by atoms with Gasteiger partial charge in [-0.05, 0) is 6.92 Å². The van der Waals surface area contributed by atoms with E-state index in [1.165, 1.54) is 6.92 Å². The zero-order valence-electron chi connectivity index (χ0n) is 8.45. The maximum Gasteiger partial charge on any atom is 0.435 e. The van der Waals surface area contributed by atoms with Gasteiger partial charge in [0.1, 0.15) is 0 Å². The van der Waals surface area contributed by atoms with Gasteiger partial charge in [-0.15, -0.1) is 0 Å². The number of aromatic nitrogens is 2. The Kier molecular flexibility index (Phi) is 3.17. The molecule has 0 aromatic carbocycles. The molecule has 0 spiro atoms. The van der Waals surface area contributed by atoms with Crippen molar-refractivity contribution in [2.24, 2.45) is 0 Å². The number of nitrogens with zero attached hydrogens (tertiary/aromatic N) is 2. The van der Waals surface area contributed by atoms with Crippen LogP contribution in [-0.4, -0.2) is 24.5 Å². The minimum absolute atomic E-state index is 0.0704. The van der Waals surface area contributed by atoms with Crippen molar-refractivity contribution in [3.63, 3.8) is 0 Å². The van der Waals surface area contributed by atoms with Gasteiger partial charge in [0.2, 0.25) is 5.88 Å². The van der Waals surface area contributed by atoms with Crippen molar-refractivity contribution < 1.29 is 25.8 Å². The molecule has 1 aromatic rings. The first kappa shape index (κ1) is 12.8. The number of rotatable bonds is 3. The highest BCUT2D eigenvalue weighted by atomic mass is 32.2. The van der Waals surface area contributed by atoms with Crippen LogP contribution in [0.4, 0.5) is 13.2 Å². The smallest absolute Gasteiger partial charge is 0.362 e. The molecule has 0 aliphatic heterocycles. The molecule has 0 saturated heterocycles. The van der Waals surface area contributed by atoms with Gasteiger partial charge in [0.15, 0.2) is 5.69 Å². The van der Waals surface area contributed by atoms with E-state index in [-0.39, 0.29) is 6.54 Å². The topological polar surface area (TPSA) is 61.2 Å². The van der Waals surface area contributed by atoms with Crippen LogP contribution >= 0.6 is 0 Å². The highest BCUT2D eigenvalue weighted by Gasteiger charge is 2.35. The van der Waals surface area contributed by atoms with Crippen LogP contribution in [0.1, 0.15) is 12.6 Å². The van der Waals surface area contributed by atoms with E-state index < -0.39 is 27.9 Å². The average molecular weight is 258 g/mol. The van der Waals surface area contributed by atoms with Gasteiger partial charge < -0.3 is 4.18 Å². The van der Waals surface area contributed by atoms with E-state index in [0.717, 1.165) is 10.9 Å². The predicted octanol–water partition coefficient (Wildman–Crippen LogP) is 1.26. The molecule has 0 unspecified atom stereocenters. The fourth-order valence-electron chi connectivity index (χ4n) is 0.987. The number of alkyl halides is 3. The highest BCUT2D eigenvalue weighted by molar-refractivity contribution is 7.86. The summed E-state index contributed by atoms with van der Waals surface area (Å²) in [5.41, 5.74) is -1.19. The summed E-state index contributed by atoms with van der Waals surface area (Å²) in [5, 5.41) is 3.19. The van der Waals surface area contributed by atoms with E-state index in [9.17, 15) is 21.6 Å². The Morgan fingerprint density at radius 1 is 1.50 bits per heavy atom. The first-order valence-electron chi connectivity index (χ1n) is 4.18. The van der Waals surface area contributed by atoms with E-state index in [1.807, 2.05) is 0 Å². The van der Waals surface area contributed by atoms with Crippen LogP contribution in [0.5, 0.6) is 5.88 Å². The Morgan fingerprint density at radius 2 is 2.06 bits per heavy atom. The van der Waals surface area contributed by atoms with Gasteiger partial charge in [-0.25, -0.2) is 4.68 Å². The number of aryl methyl sites for hydroxylation is 1. The second-order valence-electron chi connectivity index (χ2n) is 2.97. The second-order valence-corrected chi connectivity index (χ2v) is 4.54. The van der Waals surface area contributed by atoms with Crippen molar-refractivity contribution in [3.05, 3.63) is 11.8 Å². The largest absolute Gasteiger partial charge is 0.435 e. The lowest BCUT2D eigenvalue weighted by molar-refractivity contribution is -0.141. The zero-order chi connectivity index (χ0) is 12.6. The van der Waals surface area contributed by atoms with Crippen LogP contribution in [0.15, 0.2) is 6.07 Å². The van der Waals surface area contributed by atoms with Crippen molar-refractivity contribution >= 4 is 10.1 Å².